The third-order valence-electron chi connectivity index (χ3n) is 3.63. The van der Waals surface area contributed by atoms with Gasteiger partial charge in [0, 0.05) is 13.0 Å². The molecule has 0 aliphatic carbocycles. The first-order chi connectivity index (χ1) is 7.83. The molecule has 0 saturated carbocycles. The third-order valence-corrected chi connectivity index (χ3v) is 3.63. The van der Waals surface area contributed by atoms with E-state index >= 15 is 0 Å². The van der Waals surface area contributed by atoms with Gasteiger partial charge in [0.1, 0.15) is 0 Å². The molecule has 3 nitrogen and oxygen atoms in total. The van der Waals surface area contributed by atoms with Crippen molar-refractivity contribution >= 4 is 5.91 Å². The molecule has 0 heterocycles. The minimum atomic E-state index is -0.807. The van der Waals surface area contributed by atoms with E-state index in [9.17, 15) is 9.90 Å². The van der Waals surface area contributed by atoms with Gasteiger partial charge in [-0.25, -0.2) is 0 Å². The van der Waals surface area contributed by atoms with Gasteiger partial charge in [-0.1, -0.05) is 47.0 Å². The van der Waals surface area contributed by atoms with Gasteiger partial charge in [-0.15, -0.1) is 0 Å². The molecule has 17 heavy (non-hydrogen) atoms. The van der Waals surface area contributed by atoms with E-state index in [1.807, 2.05) is 13.8 Å². The molecule has 0 spiro atoms. The highest BCUT2D eigenvalue weighted by molar-refractivity contribution is 5.76. The number of hydrogen-bond donors (Lipinski definition) is 2. The molecule has 0 aromatic heterocycles. The third kappa shape index (κ3) is 6.67. The molecule has 102 valence electrons. The van der Waals surface area contributed by atoms with Crippen molar-refractivity contribution in [3.63, 3.8) is 0 Å². The predicted octanol–water partition coefficient (Wildman–Crippen LogP) is 2.73. The standard InChI is InChI=1S/C14H29NO2/c1-6-8-11(3)9-13(16)15-10-14(5,17)12(4)7-2/h11-12,17H,6-10H2,1-5H3,(H,15,16). The Hall–Kier alpha value is -0.570. The Labute approximate surface area is 106 Å². The van der Waals surface area contributed by atoms with Crippen molar-refractivity contribution in [2.75, 3.05) is 6.54 Å². The first-order valence-corrected chi connectivity index (χ1v) is 6.82. The second-order valence-corrected chi connectivity index (χ2v) is 5.54. The lowest BCUT2D eigenvalue weighted by Crippen LogP contribution is -2.45. The molecule has 0 aliphatic heterocycles. The van der Waals surface area contributed by atoms with Crippen LogP contribution in [-0.2, 0) is 4.79 Å². The van der Waals surface area contributed by atoms with Crippen molar-refractivity contribution in [2.45, 2.75) is 65.9 Å². The lowest BCUT2D eigenvalue weighted by molar-refractivity contribution is -0.123. The van der Waals surface area contributed by atoms with Gasteiger partial charge in [-0.2, -0.15) is 0 Å². The minimum Gasteiger partial charge on any atom is -0.388 e. The van der Waals surface area contributed by atoms with Crippen LogP contribution in [-0.4, -0.2) is 23.2 Å². The van der Waals surface area contributed by atoms with Crippen LogP contribution in [0, 0.1) is 11.8 Å². The Balaban J connectivity index is 3.98. The van der Waals surface area contributed by atoms with Crippen LogP contribution in [0.1, 0.15) is 60.3 Å². The van der Waals surface area contributed by atoms with E-state index in [2.05, 4.69) is 19.2 Å². The predicted molar refractivity (Wildman–Crippen MR) is 71.8 cm³/mol. The number of nitrogens with one attached hydrogen (secondary N) is 1. The van der Waals surface area contributed by atoms with Crippen LogP contribution in [0.4, 0.5) is 0 Å². The summed E-state index contributed by atoms with van der Waals surface area (Å²) in [4.78, 5) is 11.7. The first kappa shape index (κ1) is 16.4. The number of rotatable bonds is 8. The summed E-state index contributed by atoms with van der Waals surface area (Å²) in [6.07, 6.45) is 3.66. The van der Waals surface area contributed by atoms with Crippen LogP contribution in [0.3, 0.4) is 0 Å². The Bertz CT molecular complexity index is 226. The van der Waals surface area contributed by atoms with Crippen LogP contribution in [0.2, 0.25) is 0 Å². The Morgan fingerprint density at radius 2 is 1.94 bits per heavy atom. The van der Waals surface area contributed by atoms with Crippen LogP contribution in [0.5, 0.6) is 0 Å². The monoisotopic (exact) mass is 243 g/mol. The molecule has 0 fully saturated rings. The summed E-state index contributed by atoms with van der Waals surface area (Å²) in [5.41, 5.74) is -0.807. The van der Waals surface area contributed by atoms with Gasteiger partial charge in [0.2, 0.25) is 5.91 Å². The zero-order valence-corrected chi connectivity index (χ0v) is 12.0. The van der Waals surface area contributed by atoms with Crippen molar-refractivity contribution in [1.82, 2.24) is 5.32 Å². The van der Waals surface area contributed by atoms with Crippen LogP contribution < -0.4 is 5.32 Å². The fourth-order valence-electron chi connectivity index (χ4n) is 1.88. The average Bonchev–Trinajstić information content (AvgIpc) is 2.25. The van der Waals surface area contributed by atoms with Crippen LogP contribution in [0.15, 0.2) is 0 Å². The molecule has 0 saturated heterocycles. The molecule has 0 radical (unpaired) electrons. The molecule has 3 atom stereocenters. The second-order valence-electron chi connectivity index (χ2n) is 5.54. The molecule has 3 unspecified atom stereocenters. The lowest BCUT2D eigenvalue weighted by Gasteiger charge is -2.30. The van der Waals surface area contributed by atoms with Crippen LogP contribution in [0.25, 0.3) is 0 Å². The molecule has 0 aromatic carbocycles. The fraction of sp³-hybridized carbons (Fsp3) is 0.929. The van der Waals surface area contributed by atoms with Crippen LogP contribution >= 0.6 is 0 Å². The van der Waals surface area contributed by atoms with E-state index in [1.165, 1.54) is 0 Å². The Morgan fingerprint density at radius 3 is 2.41 bits per heavy atom. The van der Waals surface area contributed by atoms with E-state index in [-0.39, 0.29) is 11.8 Å². The Morgan fingerprint density at radius 1 is 1.35 bits per heavy atom. The number of amides is 1. The summed E-state index contributed by atoms with van der Waals surface area (Å²) in [6, 6.07) is 0. The van der Waals surface area contributed by atoms with E-state index < -0.39 is 5.60 Å². The zero-order valence-electron chi connectivity index (χ0n) is 12.0. The van der Waals surface area contributed by atoms with Crippen molar-refractivity contribution < 1.29 is 9.90 Å². The van der Waals surface area contributed by atoms with Crippen molar-refractivity contribution in [2.24, 2.45) is 11.8 Å². The quantitative estimate of drug-likeness (QED) is 0.688. The summed E-state index contributed by atoms with van der Waals surface area (Å²) in [7, 11) is 0. The fourth-order valence-corrected chi connectivity index (χ4v) is 1.88. The van der Waals surface area contributed by atoms with Gasteiger partial charge in [0.15, 0.2) is 0 Å². The van der Waals surface area contributed by atoms with Gasteiger partial charge in [-0.05, 0) is 18.8 Å². The average molecular weight is 243 g/mol. The van der Waals surface area contributed by atoms with E-state index in [0.717, 1.165) is 19.3 Å². The zero-order chi connectivity index (χ0) is 13.5. The maximum absolute atomic E-state index is 11.7. The SMILES string of the molecule is CCCC(C)CC(=O)NCC(C)(O)C(C)CC. The van der Waals surface area contributed by atoms with Crippen molar-refractivity contribution in [3.05, 3.63) is 0 Å². The van der Waals surface area contributed by atoms with Gasteiger partial charge in [-0.3, -0.25) is 4.79 Å². The maximum atomic E-state index is 11.7. The maximum Gasteiger partial charge on any atom is 0.220 e. The summed E-state index contributed by atoms with van der Waals surface area (Å²) in [5.74, 6) is 0.666. The van der Waals surface area contributed by atoms with E-state index in [0.29, 0.717) is 18.9 Å². The molecular formula is C14H29NO2. The highest BCUT2D eigenvalue weighted by Crippen LogP contribution is 2.19. The van der Waals surface area contributed by atoms with E-state index in [4.69, 9.17) is 0 Å². The van der Waals surface area contributed by atoms with Crippen molar-refractivity contribution in [3.8, 4) is 0 Å². The lowest BCUT2D eigenvalue weighted by atomic mass is 9.88. The number of carbonyl (C=O) groups is 1. The number of carbonyl (C=O) groups excluding carboxylic acids is 1. The molecule has 3 heteroatoms. The second kappa shape index (κ2) is 7.70. The summed E-state index contributed by atoms with van der Waals surface area (Å²) in [5, 5.41) is 13.0. The topological polar surface area (TPSA) is 49.3 Å². The van der Waals surface area contributed by atoms with Gasteiger partial charge < -0.3 is 10.4 Å². The first-order valence-electron chi connectivity index (χ1n) is 6.82. The largest absolute Gasteiger partial charge is 0.388 e. The summed E-state index contributed by atoms with van der Waals surface area (Å²) < 4.78 is 0. The highest BCUT2D eigenvalue weighted by atomic mass is 16.3. The minimum absolute atomic E-state index is 0.0505. The highest BCUT2D eigenvalue weighted by Gasteiger charge is 2.27. The number of aliphatic hydroxyl groups is 1. The van der Waals surface area contributed by atoms with E-state index in [1.54, 1.807) is 6.92 Å². The molecule has 0 rings (SSSR count). The molecule has 2 N–H and O–H groups in total. The molecule has 1 amide bonds. The summed E-state index contributed by atoms with van der Waals surface area (Å²) in [6.45, 7) is 10.4. The van der Waals surface area contributed by atoms with Crippen molar-refractivity contribution in [1.29, 1.82) is 0 Å². The molecule has 0 aliphatic rings. The van der Waals surface area contributed by atoms with Gasteiger partial charge in [0.25, 0.3) is 0 Å². The normalized spacial score (nSPS) is 18.2. The number of hydrogen-bond acceptors (Lipinski definition) is 2. The van der Waals surface area contributed by atoms with Gasteiger partial charge >= 0.3 is 0 Å². The molecular weight excluding hydrogens is 214 g/mol. The molecule has 0 aromatic rings. The Kier molecular flexibility index (Phi) is 7.44. The van der Waals surface area contributed by atoms with Gasteiger partial charge in [0.05, 0.1) is 5.60 Å². The molecule has 0 bridgehead atoms. The smallest absolute Gasteiger partial charge is 0.220 e. The summed E-state index contributed by atoms with van der Waals surface area (Å²) >= 11 is 0.